The van der Waals surface area contributed by atoms with Gasteiger partial charge in [-0.3, -0.25) is 0 Å². The Morgan fingerprint density at radius 1 is 1.67 bits per heavy atom. The van der Waals surface area contributed by atoms with Crippen molar-refractivity contribution in [3.05, 3.63) is 12.2 Å². The average molecular weight is 198 g/mol. The van der Waals surface area contributed by atoms with E-state index in [9.17, 15) is 4.79 Å². The number of quaternary nitrogens is 1. The highest BCUT2D eigenvalue weighted by molar-refractivity contribution is 5.86. The van der Waals surface area contributed by atoms with Crippen LogP contribution in [0.4, 0.5) is 0 Å². The molecule has 0 aromatic rings. The summed E-state index contributed by atoms with van der Waals surface area (Å²) in [6.07, 6.45) is -0.608. The number of aliphatic hydroxyl groups excluding tert-OH is 1. The van der Waals surface area contributed by atoms with Crippen molar-refractivity contribution in [3.8, 4) is 0 Å². The van der Waals surface area contributed by atoms with Gasteiger partial charge in [0, 0.05) is 5.57 Å². The van der Waals surface area contributed by atoms with E-state index in [4.69, 9.17) is 5.11 Å². The van der Waals surface area contributed by atoms with Crippen LogP contribution in [0.1, 0.15) is 13.8 Å². The second kappa shape index (κ2) is 8.52. The molecule has 0 aliphatic carbocycles. The van der Waals surface area contributed by atoms with E-state index in [1.54, 1.807) is 13.8 Å². The summed E-state index contributed by atoms with van der Waals surface area (Å²) < 4.78 is 4.58. The van der Waals surface area contributed by atoms with E-state index in [-0.39, 0.29) is 25.2 Å². The Hall–Kier alpha value is -0.580. The van der Waals surface area contributed by atoms with E-state index in [1.165, 1.54) is 0 Å². The van der Waals surface area contributed by atoms with Crippen LogP contribution in [-0.4, -0.2) is 23.8 Å². The molecule has 0 rings (SSSR count). The highest BCUT2D eigenvalue weighted by atomic mass is 35.5. The van der Waals surface area contributed by atoms with Gasteiger partial charge < -0.3 is 28.4 Å². The lowest BCUT2D eigenvalue weighted by Crippen LogP contribution is -3.00. The fourth-order valence-electron chi connectivity index (χ4n) is 0.319. The zero-order valence-corrected chi connectivity index (χ0v) is 8.39. The number of carbonyl (C=O) groups excluding carboxylic acids is 1. The zero-order valence-electron chi connectivity index (χ0n) is 7.63. The third kappa shape index (κ3) is 9.42. The van der Waals surface area contributed by atoms with Crippen LogP contribution in [0.2, 0.25) is 0 Å². The van der Waals surface area contributed by atoms with Crippen molar-refractivity contribution in [1.82, 2.24) is 6.15 Å². The van der Waals surface area contributed by atoms with E-state index in [2.05, 4.69) is 11.3 Å². The van der Waals surface area contributed by atoms with Crippen LogP contribution in [0.5, 0.6) is 0 Å². The van der Waals surface area contributed by atoms with Gasteiger partial charge in [0.05, 0.1) is 6.10 Å². The van der Waals surface area contributed by atoms with Crippen LogP contribution in [0, 0.1) is 0 Å². The minimum atomic E-state index is -0.608. The fraction of sp³-hybridized carbons (Fsp3) is 0.571. The lowest BCUT2D eigenvalue weighted by atomic mass is 10.3. The first kappa shape index (κ1) is 17.5. The lowest BCUT2D eigenvalue weighted by Gasteiger charge is -2.04. The van der Waals surface area contributed by atoms with Gasteiger partial charge in [-0.2, -0.15) is 0 Å². The van der Waals surface area contributed by atoms with Gasteiger partial charge in [-0.05, 0) is 13.8 Å². The van der Waals surface area contributed by atoms with Gasteiger partial charge in [-0.1, -0.05) is 6.58 Å². The molecule has 12 heavy (non-hydrogen) atoms. The summed E-state index contributed by atoms with van der Waals surface area (Å²) in [7, 11) is 0. The number of halogens is 1. The Bertz CT molecular complexity index is 148. The summed E-state index contributed by atoms with van der Waals surface area (Å²) in [5.41, 5.74) is 0.348. The molecule has 1 unspecified atom stereocenters. The molecule has 0 saturated carbocycles. The first-order valence-electron chi connectivity index (χ1n) is 3.04. The molecule has 0 heterocycles. The highest BCUT2D eigenvalue weighted by Gasteiger charge is 2.03. The molecule has 0 aliphatic rings. The molecule has 0 radical (unpaired) electrons. The molecule has 0 aliphatic heterocycles. The van der Waals surface area contributed by atoms with Gasteiger partial charge in [-0.25, -0.2) is 4.79 Å². The number of aliphatic hydroxyl groups is 1. The zero-order chi connectivity index (χ0) is 8.15. The lowest BCUT2D eigenvalue weighted by molar-refractivity contribution is -0.141. The SMILES string of the molecule is C=C(C)C(=O)OCC(C)O.[Cl-].[NH4+]. The normalized spacial score (nSPS) is 10.2. The van der Waals surface area contributed by atoms with E-state index >= 15 is 0 Å². The molecule has 5 N–H and O–H groups in total. The van der Waals surface area contributed by atoms with Gasteiger partial charge in [0.1, 0.15) is 6.61 Å². The largest absolute Gasteiger partial charge is 1.00 e. The summed E-state index contributed by atoms with van der Waals surface area (Å²) in [6, 6.07) is 0. The second-order valence-corrected chi connectivity index (χ2v) is 2.23. The smallest absolute Gasteiger partial charge is 0.333 e. The molecule has 0 fully saturated rings. The van der Waals surface area contributed by atoms with Gasteiger partial charge >= 0.3 is 5.97 Å². The Balaban J connectivity index is -0.000000405. The summed E-state index contributed by atoms with van der Waals surface area (Å²) in [6.45, 7) is 6.52. The van der Waals surface area contributed by atoms with Crippen LogP contribution in [0.3, 0.4) is 0 Å². The van der Waals surface area contributed by atoms with Gasteiger partial charge in [-0.15, -0.1) is 0 Å². The van der Waals surface area contributed by atoms with E-state index in [0.717, 1.165) is 0 Å². The third-order valence-corrected chi connectivity index (χ3v) is 0.804. The van der Waals surface area contributed by atoms with Crippen molar-refractivity contribution < 1.29 is 27.0 Å². The number of hydrogen-bond donors (Lipinski definition) is 2. The Kier molecular flexibility index (Phi) is 12.4. The minimum absolute atomic E-state index is 0. The molecule has 0 aromatic carbocycles. The molecule has 74 valence electrons. The van der Waals surface area contributed by atoms with E-state index in [0.29, 0.717) is 5.57 Å². The molecular formula is C7H16ClNO3. The third-order valence-electron chi connectivity index (χ3n) is 0.804. The van der Waals surface area contributed by atoms with Crippen molar-refractivity contribution in [2.75, 3.05) is 6.61 Å². The predicted octanol–water partition coefficient (Wildman–Crippen LogP) is -2.13. The van der Waals surface area contributed by atoms with Crippen LogP contribution >= 0.6 is 0 Å². The number of hydrogen-bond acceptors (Lipinski definition) is 3. The van der Waals surface area contributed by atoms with Crippen molar-refractivity contribution in [2.24, 2.45) is 0 Å². The maximum Gasteiger partial charge on any atom is 0.333 e. The monoisotopic (exact) mass is 197 g/mol. The summed E-state index contributed by atoms with van der Waals surface area (Å²) in [5, 5.41) is 8.68. The predicted molar refractivity (Wildman–Crippen MR) is 43.4 cm³/mol. The Morgan fingerprint density at radius 3 is 2.33 bits per heavy atom. The number of esters is 1. The molecule has 0 spiro atoms. The molecular weight excluding hydrogens is 182 g/mol. The van der Waals surface area contributed by atoms with Crippen molar-refractivity contribution in [2.45, 2.75) is 20.0 Å². The second-order valence-electron chi connectivity index (χ2n) is 2.23. The molecule has 5 heteroatoms. The molecule has 0 aromatic heterocycles. The molecule has 1 atom stereocenters. The number of carbonyl (C=O) groups is 1. The highest BCUT2D eigenvalue weighted by Crippen LogP contribution is 1.92. The first-order valence-corrected chi connectivity index (χ1v) is 3.04. The Labute approximate surface area is 78.6 Å². The van der Waals surface area contributed by atoms with Crippen molar-refractivity contribution in [3.63, 3.8) is 0 Å². The van der Waals surface area contributed by atoms with Crippen LogP contribution in [-0.2, 0) is 9.53 Å². The van der Waals surface area contributed by atoms with Crippen LogP contribution in [0.25, 0.3) is 0 Å². The molecule has 0 saturated heterocycles. The molecule has 4 nitrogen and oxygen atoms in total. The standard InChI is InChI=1S/C7H12O3.ClH.H3N/c1-5(2)7(9)10-4-6(3)8;;/h6,8H,1,4H2,2-3H3;1H;1H3. The van der Waals surface area contributed by atoms with E-state index < -0.39 is 12.1 Å². The minimum Gasteiger partial charge on any atom is -1.00 e. The van der Waals surface area contributed by atoms with Gasteiger partial charge in [0.2, 0.25) is 0 Å². The Morgan fingerprint density at radius 2 is 2.08 bits per heavy atom. The number of ether oxygens (including phenoxy) is 1. The van der Waals surface area contributed by atoms with Crippen molar-refractivity contribution >= 4 is 5.97 Å². The average Bonchev–Trinajstić information content (AvgIpc) is 1.82. The van der Waals surface area contributed by atoms with E-state index in [1.807, 2.05) is 0 Å². The number of rotatable bonds is 3. The summed E-state index contributed by atoms with van der Waals surface area (Å²) in [4.78, 5) is 10.6. The summed E-state index contributed by atoms with van der Waals surface area (Å²) >= 11 is 0. The van der Waals surface area contributed by atoms with Crippen LogP contribution in [0.15, 0.2) is 12.2 Å². The summed E-state index contributed by atoms with van der Waals surface area (Å²) in [5.74, 6) is -0.457. The maximum absolute atomic E-state index is 10.6. The van der Waals surface area contributed by atoms with Gasteiger partial charge in [0.15, 0.2) is 0 Å². The first-order chi connectivity index (χ1) is 4.54. The fourth-order valence-corrected chi connectivity index (χ4v) is 0.319. The molecule has 0 amide bonds. The van der Waals surface area contributed by atoms with Crippen molar-refractivity contribution in [1.29, 1.82) is 0 Å². The molecule has 0 bridgehead atoms. The topological polar surface area (TPSA) is 83.0 Å². The quantitative estimate of drug-likeness (QED) is 0.401. The van der Waals surface area contributed by atoms with Crippen LogP contribution < -0.4 is 18.6 Å². The maximum atomic E-state index is 10.6. The van der Waals surface area contributed by atoms with Gasteiger partial charge in [0.25, 0.3) is 0 Å².